The molecule has 0 aliphatic carbocycles. The molecule has 120 valence electrons. The molecule has 0 atom stereocenters. The van der Waals surface area contributed by atoms with Gasteiger partial charge in [-0.1, -0.05) is 18.2 Å². The molecular formula is C16H17N3O2S2. The molecule has 1 saturated heterocycles. The second kappa shape index (κ2) is 7.23. The lowest BCUT2D eigenvalue weighted by atomic mass is 10.1. The van der Waals surface area contributed by atoms with Crippen molar-refractivity contribution in [1.29, 1.82) is 0 Å². The molecule has 5 nitrogen and oxygen atoms in total. The van der Waals surface area contributed by atoms with Gasteiger partial charge in [-0.15, -0.1) is 23.5 Å². The number of aromatic nitrogens is 1. The second-order valence-corrected chi connectivity index (χ2v) is 7.72. The normalized spacial score (nSPS) is 14.8. The van der Waals surface area contributed by atoms with Crippen molar-refractivity contribution >= 4 is 52.1 Å². The van der Waals surface area contributed by atoms with Gasteiger partial charge in [-0.25, -0.2) is 4.98 Å². The van der Waals surface area contributed by atoms with Crippen LogP contribution < -0.4 is 10.6 Å². The predicted molar refractivity (Wildman–Crippen MR) is 97.1 cm³/mol. The Morgan fingerprint density at radius 2 is 2.00 bits per heavy atom. The Bertz CT molecular complexity index is 745. The molecule has 0 spiro atoms. The third-order valence-corrected chi connectivity index (χ3v) is 6.37. The van der Waals surface area contributed by atoms with E-state index in [4.69, 9.17) is 0 Å². The molecule has 1 aromatic carbocycles. The highest BCUT2D eigenvalue weighted by Gasteiger charge is 2.25. The lowest BCUT2D eigenvalue weighted by Gasteiger charge is -2.12. The van der Waals surface area contributed by atoms with Gasteiger partial charge in [0.2, 0.25) is 5.91 Å². The Labute approximate surface area is 143 Å². The number of hydrogen-bond donors (Lipinski definition) is 2. The van der Waals surface area contributed by atoms with E-state index >= 15 is 0 Å². The summed E-state index contributed by atoms with van der Waals surface area (Å²) in [6.07, 6.45) is 0. The van der Waals surface area contributed by atoms with Crippen molar-refractivity contribution in [3.63, 3.8) is 0 Å². The van der Waals surface area contributed by atoms with E-state index in [1.165, 1.54) is 0 Å². The van der Waals surface area contributed by atoms with Gasteiger partial charge in [0.05, 0.1) is 11.1 Å². The minimum absolute atomic E-state index is 0.0675. The van der Waals surface area contributed by atoms with E-state index in [2.05, 4.69) is 15.6 Å². The lowest BCUT2D eigenvalue weighted by molar-refractivity contribution is -0.114. The summed E-state index contributed by atoms with van der Waals surface area (Å²) < 4.78 is -0.101. The average Bonchev–Trinajstić information content (AvgIpc) is 3.09. The van der Waals surface area contributed by atoms with Crippen LogP contribution >= 0.6 is 23.5 Å². The third kappa shape index (κ3) is 3.61. The number of thioether (sulfide) groups is 2. The molecule has 2 amide bonds. The van der Waals surface area contributed by atoms with Crippen LogP contribution in [0.2, 0.25) is 0 Å². The van der Waals surface area contributed by atoms with Crippen molar-refractivity contribution in [3.8, 4) is 0 Å². The van der Waals surface area contributed by atoms with Crippen LogP contribution in [0.25, 0.3) is 10.9 Å². The molecule has 7 heteroatoms. The molecule has 2 N–H and O–H groups in total. The number of pyridine rings is 1. The van der Waals surface area contributed by atoms with Crippen molar-refractivity contribution in [1.82, 2.24) is 10.3 Å². The molecule has 0 bridgehead atoms. The zero-order valence-electron chi connectivity index (χ0n) is 12.7. The van der Waals surface area contributed by atoms with Gasteiger partial charge in [-0.2, -0.15) is 0 Å². The van der Waals surface area contributed by atoms with Gasteiger partial charge < -0.3 is 10.6 Å². The number of nitrogens with zero attached hydrogens (tertiary/aromatic N) is 1. The topological polar surface area (TPSA) is 71.1 Å². The van der Waals surface area contributed by atoms with E-state index in [1.807, 2.05) is 31.2 Å². The van der Waals surface area contributed by atoms with E-state index in [1.54, 1.807) is 29.6 Å². The Morgan fingerprint density at radius 3 is 2.74 bits per heavy atom. The smallest absolute Gasteiger partial charge is 0.252 e. The highest BCUT2D eigenvalue weighted by Crippen LogP contribution is 2.32. The summed E-state index contributed by atoms with van der Waals surface area (Å²) in [5, 5.41) is 6.42. The van der Waals surface area contributed by atoms with Gasteiger partial charge in [0, 0.05) is 23.4 Å². The summed E-state index contributed by atoms with van der Waals surface area (Å²) in [5.41, 5.74) is 1.22. The number of carbonyl (C=O) groups is 2. The van der Waals surface area contributed by atoms with Crippen LogP contribution in [0.4, 0.5) is 5.82 Å². The first kappa shape index (κ1) is 16.1. The largest absolute Gasteiger partial charge is 0.352 e. The van der Waals surface area contributed by atoms with Gasteiger partial charge >= 0.3 is 0 Å². The molecule has 23 heavy (non-hydrogen) atoms. The second-order valence-electron chi connectivity index (χ2n) is 4.99. The Balaban J connectivity index is 1.94. The number of carbonyl (C=O) groups excluding carboxylic acids is 2. The summed E-state index contributed by atoms with van der Waals surface area (Å²) in [6, 6.07) is 9.09. The molecule has 1 fully saturated rings. The number of benzene rings is 1. The van der Waals surface area contributed by atoms with Crippen LogP contribution in [0.15, 0.2) is 30.3 Å². The summed E-state index contributed by atoms with van der Waals surface area (Å²) in [7, 11) is 0. The first-order chi connectivity index (χ1) is 11.2. The van der Waals surface area contributed by atoms with Gasteiger partial charge in [0.15, 0.2) is 0 Å². The van der Waals surface area contributed by atoms with Crippen LogP contribution in [0.1, 0.15) is 17.3 Å². The van der Waals surface area contributed by atoms with Gasteiger partial charge in [0.25, 0.3) is 5.91 Å². The van der Waals surface area contributed by atoms with Crippen molar-refractivity contribution in [2.75, 3.05) is 23.4 Å². The van der Waals surface area contributed by atoms with Crippen LogP contribution in [0.3, 0.4) is 0 Å². The lowest BCUT2D eigenvalue weighted by Crippen LogP contribution is -2.24. The van der Waals surface area contributed by atoms with E-state index in [0.29, 0.717) is 23.4 Å². The Hall–Kier alpha value is -1.73. The number of amides is 2. The van der Waals surface area contributed by atoms with E-state index in [-0.39, 0.29) is 16.4 Å². The molecule has 1 aliphatic heterocycles. The van der Waals surface area contributed by atoms with Crippen LogP contribution in [0, 0.1) is 0 Å². The molecule has 0 saturated carbocycles. The molecule has 2 aromatic rings. The predicted octanol–water partition coefficient (Wildman–Crippen LogP) is 2.73. The first-order valence-corrected chi connectivity index (χ1v) is 9.51. The van der Waals surface area contributed by atoms with Gasteiger partial charge in [-0.05, 0) is 19.1 Å². The zero-order chi connectivity index (χ0) is 16.2. The molecule has 1 aromatic heterocycles. The van der Waals surface area contributed by atoms with Crippen LogP contribution in [0.5, 0.6) is 0 Å². The molecule has 0 radical (unpaired) electrons. The Morgan fingerprint density at radius 1 is 1.26 bits per heavy atom. The van der Waals surface area contributed by atoms with Gasteiger partial charge in [-0.3, -0.25) is 9.59 Å². The number of anilines is 1. The number of rotatable bonds is 4. The van der Waals surface area contributed by atoms with Crippen LogP contribution in [-0.4, -0.2) is 39.4 Å². The molecule has 1 aliphatic rings. The molecule has 0 unspecified atom stereocenters. The van der Waals surface area contributed by atoms with Crippen molar-refractivity contribution in [3.05, 3.63) is 35.9 Å². The maximum absolute atomic E-state index is 12.3. The van der Waals surface area contributed by atoms with Crippen molar-refractivity contribution in [2.24, 2.45) is 0 Å². The highest BCUT2D eigenvalue weighted by atomic mass is 32.2. The quantitative estimate of drug-likeness (QED) is 0.890. The minimum atomic E-state index is -0.161. The summed E-state index contributed by atoms with van der Waals surface area (Å²) in [6.45, 7) is 2.42. The summed E-state index contributed by atoms with van der Waals surface area (Å²) in [4.78, 5) is 29.0. The van der Waals surface area contributed by atoms with Gasteiger partial charge in [0.1, 0.15) is 10.4 Å². The fraction of sp³-hybridized carbons (Fsp3) is 0.312. The van der Waals surface area contributed by atoms with E-state index in [0.717, 1.165) is 16.9 Å². The minimum Gasteiger partial charge on any atom is -0.352 e. The fourth-order valence-corrected chi connectivity index (χ4v) is 4.96. The van der Waals surface area contributed by atoms with Crippen LogP contribution in [-0.2, 0) is 4.79 Å². The number of hydrogen-bond acceptors (Lipinski definition) is 5. The SMILES string of the molecule is CCNC(=O)c1cc(NC(=O)C2SCCS2)nc2ccccc12. The molecular weight excluding hydrogens is 330 g/mol. The monoisotopic (exact) mass is 347 g/mol. The highest BCUT2D eigenvalue weighted by molar-refractivity contribution is 8.21. The Kier molecular flexibility index (Phi) is 5.07. The van der Waals surface area contributed by atoms with Crippen molar-refractivity contribution < 1.29 is 9.59 Å². The maximum Gasteiger partial charge on any atom is 0.252 e. The van der Waals surface area contributed by atoms with E-state index in [9.17, 15) is 9.59 Å². The first-order valence-electron chi connectivity index (χ1n) is 7.41. The fourth-order valence-electron chi connectivity index (χ4n) is 2.38. The molecule has 2 heterocycles. The summed E-state index contributed by atoms with van der Waals surface area (Å²) in [5.74, 6) is 2.16. The standard InChI is InChI=1S/C16H17N3O2S2/c1-2-17-14(20)11-9-13(18-12-6-4-3-5-10(11)12)19-15(21)16-22-7-8-23-16/h3-6,9,16H,2,7-8H2,1H3,(H,17,20)(H,18,19,21). The zero-order valence-corrected chi connectivity index (χ0v) is 14.3. The third-order valence-electron chi connectivity index (χ3n) is 3.39. The number of para-hydroxylation sites is 1. The average molecular weight is 347 g/mol. The van der Waals surface area contributed by atoms with E-state index < -0.39 is 0 Å². The van der Waals surface area contributed by atoms with Crippen molar-refractivity contribution in [2.45, 2.75) is 11.5 Å². The number of nitrogens with one attached hydrogen (secondary N) is 2. The maximum atomic E-state index is 12.3. The summed E-state index contributed by atoms with van der Waals surface area (Å²) >= 11 is 3.27. The molecule has 3 rings (SSSR count). The number of fused-ring (bicyclic) bond motifs is 1.